The smallest absolute Gasteiger partial charge is 0.321 e. The van der Waals surface area contributed by atoms with Crippen LogP contribution in [0.2, 0.25) is 0 Å². The fourth-order valence-electron chi connectivity index (χ4n) is 3.68. The molecule has 4 rings (SSSR count). The van der Waals surface area contributed by atoms with E-state index in [0.29, 0.717) is 45.5 Å². The Morgan fingerprint density at radius 3 is 2.66 bits per heavy atom. The number of benzene rings is 1. The minimum absolute atomic E-state index is 0.194. The second-order valence-electron chi connectivity index (χ2n) is 6.96. The normalized spacial score (nSPS) is 25.5. The van der Waals surface area contributed by atoms with Crippen molar-refractivity contribution < 1.29 is 28.5 Å². The molecule has 3 aliphatic rings. The van der Waals surface area contributed by atoms with Crippen LogP contribution < -0.4 is 5.32 Å². The van der Waals surface area contributed by atoms with Gasteiger partial charge in [0.15, 0.2) is 12.2 Å². The van der Waals surface area contributed by atoms with Gasteiger partial charge in [-0.15, -0.1) is 0 Å². The van der Waals surface area contributed by atoms with Gasteiger partial charge >= 0.3 is 5.97 Å². The van der Waals surface area contributed by atoms with Crippen molar-refractivity contribution in [2.45, 2.75) is 19.3 Å². The Bertz CT molecular complexity index is 786. The maximum Gasteiger partial charge on any atom is 0.321 e. The molecule has 156 valence electrons. The molecule has 2 unspecified atom stereocenters. The van der Waals surface area contributed by atoms with E-state index in [9.17, 15) is 9.59 Å². The molecular weight excluding hydrogens is 378 g/mol. The number of hydrogen-bond acceptors (Lipinski definition) is 8. The quantitative estimate of drug-likeness (QED) is 0.586. The van der Waals surface area contributed by atoms with Gasteiger partial charge in [0, 0.05) is 18.7 Å². The van der Waals surface area contributed by atoms with Gasteiger partial charge in [-0.1, -0.05) is 18.2 Å². The molecule has 2 atom stereocenters. The molecular formula is C20H25N3O6. The number of rotatable bonds is 4. The van der Waals surface area contributed by atoms with Crippen molar-refractivity contribution in [2.24, 2.45) is 10.9 Å². The Balaban J connectivity index is 1.68. The molecule has 0 aromatic heterocycles. The summed E-state index contributed by atoms with van der Waals surface area (Å²) in [4.78, 5) is 32.2. The summed E-state index contributed by atoms with van der Waals surface area (Å²) < 4.78 is 21.7. The third-order valence-electron chi connectivity index (χ3n) is 5.09. The molecule has 9 heteroatoms. The summed E-state index contributed by atoms with van der Waals surface area (Å²) in [7, 11) is 0. The Morgan fingerprint density at radius 2 is 1.93 bits per heavy atom. The third-order valence-corrected chi connectivity index (χ3v) is 5.09. The highest BCUT2D eigenvalue weighted by Crippen LogP contribution is 2.33. The van der Waals surface area contributed by atoms with Crippen LogP contribution in [0.15, 0.2) is 29.3 Å². The number of nitrogens with one attached hydrogen (secondary N) is 1. The van der Waals surface area contributed by atoms with E-state index in [4.69, 9.17) is 23.9 Å². The summed E-state index contributed by atoms with van der Waals surface area (Å²) in [5, 5.41) is 2.78. The second-order valence-corrected chi connectivity index (χ2v) is 6.96. The second kappa shape index (κ2) is 8.89. The van der Waals surface area contributed by atoms with Gasteiger partial charge in [-0.25, -0.2) is 4.99 Å². The van der Waals surface area contributed by atoms with Crippen molar-refractivity contribution in [3.63, 3.8) is 0 Å². The van der Waals surface area contributed by atoms with Crippen LogP contribution in [0.5, 0.6) is 0 Å². The molecule has 9 nitrogen and oxygen atoms in total. The summed E-state index contributed by atoms with van der Waals surface area (Å²) in [6, 6.07) is 6.80. The fourth-order valence-corrected chi connectivity index (χ4v) is 3.68. The number of nitrogens with zero attached hydrogens (tertiary/aromatic N) is 2. The monoisotopic (exact) mass is 403 g/mol. The molecule has 0 aliphatic carbocycles. The molecule has 1 aromatic rings. The third kappa shape index (κ3) is 4.26. The SMILES string of the molecule is CCOC(=O)C1C(=O)NC(N2CCOCC2)=NC1c1cccc(C2OCCO2)c1. The summed E-state index contributed by atoms with van der Waals surface area (Å²) in [6.45, 7) is 5.35. The van der Waals surface area contributed by atoms with E-state index in [2.05, 4.69) is 5.32 Å². The van der Waals surface area contributed by atoms with Crippen molar-refractivity contribution in [3.8, 4) is 0 Å². The largest absolute Gasteiger partial charge is 0.465 e. The zero-order valence-electron chi connectivity index (χ0n) is 16.3. The molecule has 1 aromatic carbocycles. The lowest BCUT2D eigenvalue weighted by Crippen LogP contribution is -2.55. The lowest BCUT2D eigenvalue weighted by molar-refractivity contribution is -0.153. The Morgan fingerprint density at radius 1 is 1.21 bits per heavy atom. The fraction of sp³-hybridized carbons (Fsp3) is 0.550. The molecule has 0 radical (unpaired) electrons. The van der Waals surface area contributed by atoms with E-state index >= 15 is 0 Å². The summed E-state index contributed by atoms with van der Waals surface area (Å²) in [5.41, 5.74) is 1.57. The zero-order valence-corrected chi connectivity index (χ0v) is 16.3. The van der Waals surface area contributed by atoms with Gasteiger partial charge in [-0.2, -0.15) is 0 Å². The highest BCUT2D eigenvalue weighted by molar-refractivity contribution is 6.08. The molecule has 2 saturated heterocycles. The number of carbonyl (C=O) groups excluding carboxylic acids is 2. The van der Waals surface area contributed by atoms with E-state index in [1.54, 1.807) is 6.92 Å². The lowest BCUT2D eigenvalue weighted by Gasteiger charge is -2.35. The first-order chi connectivity index (χ1) is 14.2. The number of hydrogen-bond donors (Lipinski definition) is 1. The molecule has 1 N–H and O–H groups in total. The predicted octanol–water partition coefficient (Wildman–Crippen LogP) is 0.770. The van der Waals surface area contributed by atoms with Crippen LogP contribution in [0.3, 0.4) is 0 Å². The number of amides is 1. The van der Waals surface area contributed by atoms with Crippen LogP contribution in [0.4, 0.5) is 0 Å². The van der Waals surface area contributed by atoms with Gasteiger partial charge in [0.25, 0.3) is 0 Å². The van der Waals surface area contributed by atoms with E-state index in [1.807, 2.05) is 29.2 Å². The Labute approximate surface area is 169 Å². The Hall–Kier alpha value is -2.49. The van der Waals surface area contributed by atoms with Crippen molar-refractivity contribution in [2.75, 3.05) is 46.1 Å². The highest BCUT2D eigenvalue weighted by Gasteiger charge is 2.42. The molecule has 0 bridgehead atoms. The van der Waals surface area contributed by atoms with E-state index in [1.165, 1.54) is 0 Å². The van der Waals surface area contributed by atoms with Gasteiger partial charge in [0.2, 0.25) is 11.9 Å². The lowest BCUT2D eigenvalue weighted by atomic mass is 9.90. The van der Waals surface area contributed by atoms with E-state index in [0.717, 1.165) is 11.1 Å². The maximum atomic E-state index is 12.9. The minimum Gasteiger partial charge on any atom is -0.465 e. The number of carbonyl (C=O) groups is 2. The number of morpholine rings is 1. The first-order valence-corrected chi connectivity index (χ1v) is 9.88. The number of aliphatic imine (C=N–C) groups is 1. The van der Waals surface area contributed by atoms with E-state index < -0.39 is 30.1 Å². The van der Waals surface area contributed by atoms with Crippen LogP contribution in [-0.2, 0) is 28.5 Å². The summed E-state index contributed by atoms with van der Waals surface area (Å²) in [5.74, 6) is -1.59. The summed E-state index contributed by atoms with van der Waals surface area (Å²) in [6.07, 6.45) is -0.448. The average Bonchev–Trinajstić information content (AvgIpc) is 3.29. The zero-order chi connectivity index (χ0) is 20.2. The number of ether oxygens (including phenoxy) is 4. The van der Waals surface area contributed by atoms with Crippen LogP contribution in [-0.4, -0.2) is 68.9 Å². The van der Waals surface area contributed by atoms with Crippen LogP contribution >= 0.6 is 0 Å². The molecule has 0 spiro atoms. The van der Waals surface area contributed by atoms with Crippen molar-refractivity contribution in [3.05, 3.63) is 35.4 Å². The molecule has 29 heavy (non-hydrogen) atoms. The molecule has 0 saturated carbocycles. The molecule has 3 aliphatic heterocycles. The van der Waals surface area contributed by atoms with Gasteiger partial charge in [-0.05, 0) is 18.6 Å². The van der Waals surface area contributed by atoms with Crippen LogP contribution in [0.1, 0.15) is 30.4 Å². The number of guanidine groups is 1. The molecule has 2 fully saturated rings. The summed E-state index contributed by atoms with van der Waals surface area (Å²) >= 11 is 0. The first kappa shape index (κ1) is 19.8. The average molecular weight is 403 g/mol. The first-order valence-electron chi connectivity index (χ1n) is 9.88. The number of esters is 1. The van der Waals surface area contributed by atoms with Gasteiger partial charge in [0.05, 0.1) is 33.0 Å². The van der Waals surface area contributed by atoms with Gasteiger partial charge in [-0.3, -0.25) is 14.9 Å². The van der Waals surface area contributed by atoms with Crippen LogP contribution in [0.25, 0.3) is 0 Å². The van der Waals surface area contributed by atoms with Crippen LogP contribution in [0, 0.1) is 5.92 Å². The Kier molecular flexibility index (Phi) is 6.08. The van der Waals surface area contributed by atoms with Crippen molar-refractivity contribution >= 4 is 17.8 Å². The standard InChI is InChI=1S/C20H25N3O6/c1-2-27-18(25)15-16(13-4-3-5-14(12-13)19-28-10-11-29-19)21-20(22-17(15)24)23-6-8-26-9-7-23/h3-5,12,15-16,19H,2,6-11H2,1H3,(H,21,22,24). The minimum atomic E-state index is -1.06. The van der Waals surface area contributed by atoms with Crippen molar-refractivity contribution in [1.29, 1.82) is 0 Å². The van der Waals surface area contributed by atoms with Gasteiger partial charge in [0.1, 0.15) is 6.04 Å². The molecule has 3 heterocycles. The molecule has 1 amide bonds. The van der Waals surface area contributed by atoms with Crippen molar-refractivity contribution in [1.82, 2.24) is 10.2 Å². The predicted molar refractivity (Wildman–Crippen MR) is 102 cm³/mol. The topological polar surface area (TPSA) is 98.7 Å². The highest BCUT2D eigenvalue weighted by atomic mass is 16.7. The van der Waals surface area contributed by atoms with Gasteiger partial charge < -0.3 is 23.8 Å². The van der Waals surface area contributed by atoms with E-state index in [-0.39, 0.29) is 6.61 Å². The maximum absolute atomic E-state index is 12.9.